The number of aryl methyl sites for hydroxylation is 4. The van der Waals surface area contributed by atoms with E-state index in [1.807, 2.05) is 0 Å². The Bertz CT molecular complexity index is 2950. The number of fused-ring (bicyclic) bond motifs is 5. The number of furan rings is 1. The van der Waals surface area contributed by atoms with Crippen LogP contribution in [0.5, 0.6) is 0 Å². The van der Waals surface area contributed by atoms with Crippen molar-refractivity contribution in [1.29, 1.82) is 0 Å². The Balaban J connectivity index is 1.77. The highest BCUT2D eigenvalue weighted by atomic mass is 16.3. The summed E-state index contributed by atoms with van der Waals surface area (Å²) in [5, 5.41) is 7.85. The van der Waals surface area contributed by atoms with Crippen LogP contribution in [0.15, 0.2) is 46.9 Å². The topological polar surface area (TPSA) is 13.1 Å². The van der Waals surface area contributed by atoms with Gasteiger partial charge in [-0.05, 0) is 279 Å². The van der Waals surface area contributed by atoms with E-state index in [9.17, 15) is 0 Å². The van der Waals surface area contributed by atoms with Gasteiger partial charge in [-0.2, -0.15) is 0 Å². The van der Waals surface area contributed by atoms with Crippen molar-refractivity contribution in [2.45, 2.75) is 118 Å². The summed E-state index contributed by atoms with van der Waals surface area (Å²) in [6, 6.07) is 15.2. The molecular formula is C55H58O. The normalized spacial score (nSPS) is 12.0. The summed E-state index contributed by atoms with van der Waals surface area (Å²) in [6.07, 6.45) is 0. The zero-order chi connectivity index (χ0) is 40.6. The standard InChI is InChI=1S/C55H58O/c1-25-26(2)34(10)46(35(11)27(25)3)47-36(12)28(4)31(7)39(15)50(47)55-51-40(16)32(8)29(5)37(13)48(51)54(49-38(14)30(6)33(9)41(17)52(49)55)43-22-20-24-45-53(43)42-21-18-19-23-44(42)56-45/h18-24H,1-17H3. The van der Waals surface area contributed by atoms with Crippen LogP contribution in [-0.4, -0.2) is 0 Å². The number of benzene rings is 7. The first-order valence-electron chi connectivity index (χ1n) is 20.5. The highest BCUT2D eigenvalue weighted by Gasteiger charge is 2.31. The van der Waals surface area contributed by atoms with Crippen molar-refractivity contribution < 1.29 is 4.42 Å². The van der Waals surface area contributed by atoms with Crippen molar-refractivity contribution in [1.82, 2.24) is 0 Å². The monoisotopic (exact) mass is 734 g/mol. The second-order valence-corrected chi connectivity index (χ2v) is 17.3. The molecule has 0 saturated carbocycles. The lowest BCUT2D eigenvalue weighted by atomic mass is 9.72. The molecule has 0 aliphatic rings. The van der Waals surface area contributed by atoms with Crippen LogP contribution in [0.1, 0.15) is 94.6 Å². The molecule has 8 rings (SSSR count). The molecule has 1 aromatic heterocycles. The van der Waals surface area contributed by atoms with Crippen LogP contribution in [0.3, 0.4) is 0 Å². The van der Waals surface area contributed by atoms with Gasteiger partial charge in [0, 0.05) is 10.8 Å². The molecule has 7 aromatic carbocycles. The summed E-state index contributed by atoms with van der Waals surface area (Å²) in [5.74, 6) is 0. The minimum Gasteiger partial charge on any atom is -0.456 e. The third-order valence-corrected chi connectivity index (χ3v) is 15.2. The van der Waals surface area contributed by atoms with Crippen molar-refractivity contribution >= 4 is 43.5 Å². The number of hydrogen-bond acceptors (Lipinski definition) is 1. The Kier molecular flexibility index (Phi) is 8.74. The zero-order valence-corrected chi connectivity index (χ0v) is 36.9. The second-order valence-electron chi connectivity index (χ2n) is 17.3. The van der Waals surface area contributed by atoms with E-state index in [4.69, 9.17) is 4.42 Å². The van der Waals surface area contributed by atoms with Crippen molar-refractivity contribution in [2.24, 2.45) is 0 Å². The number of rotatable bonds is 3. The predicted molar refractivity (Wildman–Crippen MR) is 246 cm³/mol. The summed E-state index contributed by atoms with van der Waals surface area (Å²) < 4.78 is 6.59. The maximum atomic E-state index is 6.59. The molecule has 284 valence electrons. The fourth-order valence-electron chi connectivity index (χ4n) is 10.4. The largest absolute Gasteiger partial charge is 0.456 e. The highest BCUT2D eigenvalue weighted by Crippen LogP contribution is 2.55. The Morgan fingerprint density at radius 2 is 0.589 bits per heavy atom. The van der Waals surface area contributed by atoms with Gasteiger partial charge in [-0.3, -0.25) is 0 Å². The summed E-state index contributed by atoms with van der Waals surface area (Å²) in [7, 11) is 0. The van der Waals surface area contributed by atoms with E-state index in [1.54, 1.807) is 0 Å². The van der Waals surface area contributed by atoms with E-state index < -0.39 is 0 Å². The molecule has 8 aromatic rings. The SMILES string of the molecule is Cc1c(C)c(C)c(-c2c(C)c(C)c(C)c(C)c2-c2c3c(C)c(C)c(C)c(C)c3c(-c3cccc4oc5ccccc5c34)c3c(C)c(C)c(C)c(C)c23)c(C)c1C. The molecule has 0 N–H and O–H groups in total. The van der Waals surface area contributed by atoms with Crippen LogP contribution < -0.4 is 0 Å². The average molecular weight is 735 g/mol. The zero-order valence-electron chi connectivity index (χ0n) is 36.9. The first-order valence-corrected chi connectivity index (χ1v) is 20.5. The molecule has 0 aliphatic carbocycles. The lowest BCUT2D eigenvalue weighted by Gasteiger charge is -2.31. The Hall–Kier alpha value is -5.14. The van der Waals surface area contributed by atoms with E-state index in [-0.39, 0.29) is 0 Å². The van der Waals surface area contributed by atoms with Gasteiger partial charge in [0.1, 0.15) is 11.2 Å². The maximum Gasteiger partial charge on any atom is 0.136 e. The average Bonchev–Trinajstić information content (AvgIpc) is 3.58. The molecule has 0 atom stereocenters. The second kappa shape index (κ2) is 13.0. The van der Waals surface area contributed by atoms with Crippen LogP contribution in [0.2, 0.25) is 0 Å². The molecule has 0 saturated heterocycles. The van der Waals surface area contributed by atoms with Gasteiger partial charge in [-0.25, -0.2) is 0 Å². The highest BCUT2D eigenvalue weighted by molar-refractivity contribution is 6.29. The van der Waals surface area contributed by atoms with Crippen molar-refractivity contribution in [3.05, 3.63) is 137 Å². The maximum absolute atomic E-state index is 6.59. The number of hydrogen-bond donors (Lipinski definition) is 0. The lowest BCUT2D eigenvalue weighted by Crippen LogP contribution is -2.08. The Morgan fingerprint density at radius 3 is 1.05 bits per heavy atom. The summed E-state index contributed by atoms with van der Waals surface area (Å²) in [6.45, 7) is 40.0. The van der Waals surface area contributed by atoms with Crippen molar-refractivity contribution in [2.75, 3.05) is 0 Å². The minimum absolute atomic E-state index is 0.931. The lowest BCUT2D eigenvalue weighted by molar-refractivity contribution is 0.669. The van der Waals surface area contributed by atoms with Crippen molar-refractivity contribution in [3.63, 3.8) is 0 Å². The first kappa shape index (κ1) is 37.8. The minimum atomic E-state index is 0.931. The fraction of sp³-hybridized carbons (Fsp3) is 0.309. The van der Waals surface area contributed by atoms with Gasteiger partial charge >= 0.3 is 0 Å². The van der Waals surface area contributed by atoms with Gasteiger partial charge in [-0.1, -0.05) is 30.3 Å². The van der Waals surface area contributed by atoms with Gasteiger partial charge in [0.2, 0.25) is 0 Å². The van der Waals surface area contributed by atoms with Crippen LogP contribution >= 0.6 is 0 Å². The Labute approximate surface area is 334 Å². The molecule has 0 radical (unpaired) electrons. The molecule has 1 heteroatoms. The van der Waals surface area contributed by atoms with Crippen LogP contribution in [0.25, 0.3) is 76.9 Å². The molecule has 0 bridgehead atoms. The molecular weight excluding hydrogens is 677 g/mol. The van der Waals surface area contributed by atoms with E-state index in [2.05, 4.69) is 160 Å². The van der Waals surface area contributed by atoms with Crippen molar-refractivity contribution in [3.8, 4) is 33.4 Å². The van der Waals surface area contributed by atoms with Gasteiger partial charge < -0.3 is 4.42 Å². The third kappa shape index (κ3) is 4.85. The quantitative estimate of drug-likeness (QED) is 0.165. The number of para-hydroxylation sites is 1. The van der Waals surface area contributed by atoms with Crippen LogP contribution in [-0.2, 0) is 0 Å². The summed E-state index contributed by atoms with van der Waals surface area (Å²) in [4.78, 5) is 0. The fourth-order valence-corrected chi connectivity index (χ4v) is 10.4. The first-order chi connectivity index (χ1) is 26.4. The molecule has 0 spiro atoms. The third-order valence-electron chi connectivity index (χ3n) is 15.2. The van der Waals surface area contributed by atoms with E-state index >= 15 is 0 Å². The molecule has 0 unspecified atom stereocenters. The summed E-state index contributed by atoms with van der Waals surface area (Å²) >= 11 is 0. The molecule has 56 heavy (non-hydrogen) atoms. The van der Waals surface area contributed by atoms with Crippen LogP contribution in [0, 0.1) is 118 Å². The molecule has 0 fully saturated rings. The predicted octanol–water partition coefficient (Wildman–Crippen LogP) is 16.1. The van der Waals surface area contributed by atoms with Gasteiger partial charge in [0.05, 0.1) is 0 Å². The van der Waals surface area contributed by atoms with Crippen LogP contribution in [0.4, 0.5) is 0 Å². The Morgan fingerprint density at radius 1 is 0.250 bits per heavy atom. The molecule has 0 aliphatic heterocycles. The van der Waals surface area contributed by atoms with Gasteiger partial charge in [0.25, 0.3) is 0 Å². The summed E-state index contributed by atoms with van der Waals surface area (Å²) in [5.41, 5.74) is 33.5. The molecule has 1 heterocycles. The van der Waals surface area contributed by atoms with Gasteiger partial charge in [0.15, 0.2) is 0 Å². The smallest absolute Gasteiger partial charge is 0.136 e. The van der Waals surface area contributed by atoms with E-state index in [1.165, 1.54) is 160 Å². The molecule has 1 nitrogen and oxygen atoms in total. The van der Waals surface area contributed by atoms with E-state index in [0.29, 0.717) is 0 Å². The van der Waals surface area contributed by atoms with E-state index in [0.717, 1.165) is 11.2 Å². The van der Waals surface area contributed by atoms with Gasteiger partial charge in [-0.15, -0.1) is 0 Å². The molecule has 0 amide bonds.